The van der Waals surface area contributed by atoms with E-state index in [1.54, 1.807) is 13.0 Å². The molecule has 1 aliphatic rings. The molecule has 0 aliphatic carbocycles. The van der Waals surface area contributed by atoms with E-state index >= 15 is 0 Å². The van der Waals surface area contributed by atoms with Gasteiger partial charge in [-0.05, 0) is 6.92 Å². The molecule has 7 nitrogen and oxygen atoms in total. The van der Waals surface area contributed by atoms with E-state index in [0.29, 0.717) is 24.5 Å². The van der Waals surface area contributed by atoms with Crippen molar-refractivity contribution in [1.82, 2.24) is 15.3 Å². The van der Waals surface area contributed by atoms with Gasteiger partial charge in [0.1, 0.15) is 5.82 Å². The predicted molar refractivity (Wildman–Crippen MR) is 63.1 cm³/mol. The van der Waals surface area contributed by atoms with Crippen molar-refractivity contribution < 1.29 is 14.3 Å². The van der Waals surface area contributed by atoms with Crippen LogP contribution < -0.4 is 10.6 Å². The maximum Gasteiger partial charge on any atom is 0.376 e. The first-order valence-electron chi connectivity index (χ1n) is 5.55. The zero-order chi connectivity index (χ0) is 13.1. The SMILES string of the molecule is COC(=O)c1nc(C)cc(NC2CNC(=O)C2)n1. The van der Waals surface area contributed by atoms with E-state index in [-0.39, 0.29) is 17.8 Å². The van der Waals surface area contributed by atoms with Gasteiger partial charge in [0.25, 0.3) is 0 Å². The fraction of sp³-hybridized carbons (Fsp3) is 0.455. The van der Waals surface area contributed by atoms with Gasteiger partial charge in [-0.15, -0.1) is 0 Å². The highest BCUT2D eigenvalue weighted by atomic mass is 16.5. The molecule has 7 heteroatoms. The molecule has 1 aliphatic heterocycles. The van der Waals surface area contributed by atoms with Crippen LogP contribution in [0.25, 0.3) is 0 Å². The van der Waals surface area contributed by atoms with Crippen LogP contribution in [0.1, 0.15) is 22.7 Å². The molecule has 1 fully saturated rings. The number of hydrogen-bond donors (Lipinski definition) is 2. The Morgan fingerprint density at radius 1 is 1.56 bits per heavy atom. The van der Waals surface area contributed by atoms with Crippen LogP contribution in [-0.4, -0.2) is 41.5 Å². The number of nitrogens with one attached hydrogen (secondary N) is 2. The average Bonchev–Trinajstić information content (AvgIpc) is 2.73. The topological polar surface area (TPSA) is 93.2 Å². The van der Waals surface area contributed by atoms with Crippen molar-refractivity contribution in [3.05, 3.63) is 17.6 Å². The Labute approximate surface area is 104 Å². The number of ether oxygens (including phenoxy) is 1. The summed E-state index contributed by atoms with van der Waals surface area (Å²) in [5, 5.41) is 5.81. The number of nitrogens with zero attached hydrogens (tertiary/aromatic N) is 2. The molecule has 2 heterocycles. The molecule has 0 aromatic carbocycles. The van der Waals surface area contributed by atoms with Gasteiger partial charge in [-0.3, -0.25) is 4.79 Å². The van der Waals surface area contributed by atoms with Crippen LogP contribution in [0.2, 0.25) is 0 Å². The molecule has 2 N–H and O–H groups in total. The summed E-state index contributed by atoms with van der Waals surface area (Å²) in [4.78, 5) is 30.5. The maximum atomic E-state index is 11.4. The molecule has 1 unspecified atom stereocenters. The van der Waals surface area contributed by atoms with Gasteiger partial charge in [-0.25, -0.2) is 14.8 Å². The first-order valence-corrected chi connectivity index (χ1v) is 5.55. The molecule has 18 heavy (non-hydrogen) atoms. The molecule has 2 rings (SSSR count). The van der Waals surface area contributed by atoms with E-state index in [0.717, 1.165) is 0 Å². The van der Waals surface area contributed by atoms with Gasteiger partial charge in [0.2, 0.25) is 11.7 Å². The summed E-state index contributed by atoms with van der Waals surface area (Å²) in [5.74, 6) is -0.0458. The minimum absolute atomic E-state index is 0.00599. The Balaban J connectivity index is 2.15. The van der Waals surface area contributed by atoms with Gasteiger partial charge < -0.3 is 15.4 Å². The fourth-order valence-corrected chi connectivity index (χ4v) is 1.74. The van der Waals surface area contributed by atoms with Crippen molar-refractivity contribution in [2.24, 2.45) is 0 Å². The number of anilines is 1. The lowest BCUT2D eigenvalue weighted by atomic mass is 10.2. The third-order valence-corrected chi connectivity index (χ3v) is 2.55. The minimum Gasteiger partial charge on any atom is -0.463 e. The Bertz CT molecular complexity index is 489. The first-order chi connectivity index (χ1) is 8.58. The largest absolute Gasteiger partial charge is 0.463 e. The van der Waals surface area contributed by atoms with Crippen LogP contribution in [0.15, 0.2) is 6.07 Å². The summed E-state index contributed by atoms with van der Waals surface area (Å²) in [6.45, 7) is 2.31. The number of aryl methyl sites for hydroxylation is 1. The van der Waals surface area contributed by atoms with Gasteiger partial charge in [-0.1, -0.05) is 0 Å². The third-order valence-electron chi connectivity index (χ3n) is 2.55. The molecule has 1 aromatic heterocycles. The standard InChI is InChI=1S/C11H14N4O3/c1-6-3-8(14-7-4-9(16)12-5-7)15-10(13-6)11(17)18-2/h3,7H,4-5H2,1-2H3,(H,12,16)(H,13,14,15). The average molecular weight is 250 g/mol. The van der Waals surface area contributed by atoms with Crippen molar-refractivity contribution in [2.45, 2.75) is 19.4 Å². The molecule has 0 radical (unpaired) electrons. The van der Waals surface area contributed by atoms with Crippen molar-refractivity contribution in [3.8, 4) is 0 Å². The summed E-state index contributed by atoms with van der Waals surface area (Å²) >= 11 is 0. The van der Waals surface area contributed by atoms with E-state index in [1.807, 2.05) is 0 Å². The summed E-state index contributed by atoms with van der Waals surface area (Å²) in [5.41, 5.74) is 0.658. The van der Waals surface area contributed by atoms with Gasteiger partial charge in [0.15, 0.2) is 0 Å². The molecule has 1 atom stereocenters. The minimum atomic E-state index is -0.581. The normalized spacial score (nSPS) is 18.3. The number of carbonyl (C=O) groups is 2. The molecule has 0 bridgehead atoms. The molecule has 1 amide bonds. The lowest BCUT2D eigenvalue weighted by Gasteiger charge is -2.12. The molecule has 0 saturated carbocycles. The zero-order valence-corrected chi connectivity index (χ0v) is 10.2. The summed E-state index contributed by atoms with van der Waals surface area (Å²) < 4.78 is 4.58. The number of carbonyl (C=O) groups excluding carboxylic acids is 2. The molecular formula is C11H14N4O3. The van der Waals surface area contributed by atoms with Gasteiger partial charge in [0, 0.05) is 24.7 Å². The number of amides is 1. The number of aromatic nitrogens is 2. The van der Waals surface area contributed by atoms with Gasteiger partial charge >= 0.3 is 5.97 Å². The first kappa shape index (κ1) is 12.3. The Morgan fingerprint density at radius 2 is 2.33 bits per heavy atom. The van der Waals surface area contributed by atoms with E-state index in [1.165, 1.54) is 7.11 Å². The van der Waals surface area contributed by atoms with Crippen molar-refractivity contribution in [2.75, 3.05) is 19.0 Å². The second-order valence-electron chi connectivity index (χ2n) is 4.06. The number of rotatable bonds is 3. The van der Waals surface area contributed by atoms with Crippen LogP contribution >= 0.6 is 0 Å². The maximum absolute atomic E-state index is 11.4. The molecule has 1 aromatic rings. The quantitative estimate of drug-likeness (QED) is 0.726. The smallest absolute Gasteiger partial charge is 0.376 e. The van der Waals surface area contributed by atoms with Gasteiger partial charge in [-0.2, -0.15) is 0 Å². The number of methoxy groups -OCH3 is 1. The Morgan fingerprint density at radius 3 is 2.94 bits per heavy atom. The van der Waals surface area contributed by atoms with E-state index in [4.69, 9.17) is 0 Å². The summed E-state index contributed by atoms with van der Waals surface area (Å²) in [7, 11) is 1.28. The van der Waals surface area contributed by atoms with Gasteiger partial charge in [0.05, 0.1) is 13.2 Å². The predicted octanol–water partition coefficient (Wildman–Crippen LogP) is -0.128. The Hall–Kier alpha value is -2.18. The van der Waals surface area contributed by atoms with E-state index in [9.17, 15) is 9.59 Å². The highest BCUT2D eigenvalue weighted by molar-refractivity contribution is 5.85. The van der Waals surface area contributed by atoms with E-state index < -0.39 is 5.97 Å². The number of hydrogen-bond acceptors (Lipinski definition) is 6. The Kier molecular flexibility index (Phi) is 3.40. The van der Waals surface area contributed by atoms with Crippen LogP contribution in [0.3, 0.4) is 0 Å². The highest BCUT2D eigenvalue weighted by Gasteiger charge is 2.22. The lowest BCUT2D eigenvalue weighted by Crippen LogP contribution is -2.23. The second kappa shape index (κ2) is 4.99. The van der Waals surface area contributed by atoms with Crippen LogP contribution in [-0.2, 0) is 9.53 Å². The van der Waals surface area contributed by atoms with Crippen molar-refractivity contribution in [3.63, 3.8) is 0 Å². The molecular weight excluding hydrogens is 236 g/mol. The summed E-state index contributed by atoms with van der Waals surface area (Å²) in [6, 6.07) is 1.70. The summed E-state index contributed by atoms with van der Waals surface area (Å²) in [6.07, 6.45) is 0.399. The molecule has 96 valence electrons. The molecule has 0 spiro atoms. The van der Waals surface area contributed by atoms with Crippen molar-refractivity contribution >= 4 is 17.7 Å². The zero-order valence-electron chi connectivity index (χ0n) is 10.2. The monoisotopic (exact) mass is 250 g/mol. The second-order valence-corrected chi connectivity index (χ2v) is 4.06. The highest BCUT2D eigenvalue weighted by Crippen LogP contribution is 2.11. The van der Waals surface area contributed by atoms with E-state index in [2.05, 4.69) is 25.3 Å². The number of esters is 1. The van der Waals surface area contributed by atoms with Crippen LogP contribution in [0, 0.1) is 6.92 Å². The molecule has 1 saturated heterocycles. The van der Waals surface area contributed by atoms with Crippen LogP contribution in [0.4, 0.5) is 5.82 Å². The third kappa shape index (κ3) is 2.73. The van der Waals surface area contributed by atoms with Crippen LogP contribution in [0.5, 0.6) is 0 Å². The van der Waals surface area contributed by atoms with Crippen molar-refractivity contribution in [1.29, 1.82) is 0 Å². The fourth-order valence-electron chi connectivity index (χ4n) is 1.74. The lowest BCUT2D eigenvalue weighted by molar-refractivity contribution is -0.119.